The summed E-state index contributed by atoms with van der Waals surface area (Å²) < 4.78 is 0. The van der Waals surface area contributed by atoms with E-state index < -0.39 is 5.97 Å². The molecule has 0 fully saturated rings. The maximum atomic E-state index is 11.4. The van der Waals surface area contributed by atoms with Gasteiger partial charge in [-0.1, -0.05) is 33.1 Å². The van der Waals surface area contributed by atoms with Crippen molar-refractivity contribution in [3.05, 3.63) is 0 Å². The van der Waals surface area contributed by atoms with Crippen LogP contribution < -0.4 is 0 Å². The average Bonchev–Trinajstić information content (AvgIpc) is 2.21. The minimum atomic E-state index is -0.760. The molecule has 0 radical (unpaired) electrons. The van der Waals surface area contributed by atoms with Gasteiger partial charge in [0, 0.05) is 12.3 Å². The van der Waals surface area contributed by atoms with Crippen LogP contribution in [0.4, 0.5) is 0 Å². The van der Waals surface area contributed by atoms with E-state index in [1.54, 1.807) is 6.92 Å². The summed E-state index contributed by atoms with van der Waals surface area (Å²) in [5.41, 5.74) is 0. The SMILES string of the molecule is CCCCC(CC(CC)CC(=O)O)C(C)=O. The molecule has 0 aromatic rings. The molecule has 2 unspecified atom stereocenters. The van der Waals surface area contributed by atoms with Crippen molar-refractivity contribution in [2.75, 3.05) is 0 Å². The van der Waals surface area contributed by atoms with Crippen LogP contribution in [0, 0.1) is 11.8 Å². The molecule has 94 valence electrons. The molecule has 0 saturated heterocycles. The van der Waals surface area contributed by atoms with Gasteiger partial charge in [0.1, 0.15) is 5.78 Å². The van der Waals surface area contributed by atoms with Crippen LogP contribution in [0.2, 0.25) is 0 Å². The predicted molar refractivity (Wildman–Crippen MR) is 64.3 cm³/mol. The molecule has 0 aromatic carbocycles. The zero-order valence-corrected chi connectivity index (χ0v) is 10.7. The summed E-state index contributed by atoms with van der Waals surface area (Å²) in [5, 5.41) is 8.76. The number of carbonyl (C=O) groups is 2. The van der Waals surface area contributed by atoms with E-state index in [0.29, 0.717) is 0 Å². The first-order chi connectivity index (χ1) is 7.51. The molecule has 0 saturated carbocycles. The predicted octanol–water partition coefficient (Wildman–Crippen LogP) is 3.27. The van der Waals surface area contributed by atoms with Crippen molar-refractivity contribution in [1.82, 2.24) is 0 Å². The van der Waals surface area contributed by atoms with Crippen molar-refractivity contribution >= 4 is 11.8 Å². The number of carboxylic acids is 1. The molecule has 2 atom stereocenters. The highest BCUT2D eigenvalue weighted by molar-refractivity contribution is 5.78. The van der Waals surface area contributed by atoms with Crippen molar-refractivity contribution in [2.24, 2.45) is 11.8 Å². The lowest BCUT2D eigenvalue weighted by Gasteiger charge is -2.19. The van der Waals surface area contributed by atoms with Crippen molar-refractivity contribution in [3.8, 4) is 0 Å². The second-order valence-corrected chi connectivity index (χ2v) is 4.56. The summed E-state index contributed by atoms with van der Waals surface area (Å²) in [4.78, 5) is 22.1. The zero-order valence-electron chi connectivity index (χ0n) is 10.7. The number of rotatable bonds is 9. The van der Waals surface area contributed by atoms with Crippen molar-refractivity contribution < 1.29 is 14.7 Å². The summed E-state index contributed by atoms with van der Waals surface area (Å²) in [5.74, 6) is -0.352. The van der Waals surface area contributed by atoms with Crippen LogP contribution in [0.1, 0.15) is 59.3 Å². The maximum Gasteiger partial charge on any atom is 0.303 e. The lowest BCUT2D eigenvalue weighted by Crippen LogP contribution is -2.18. The number of carbonyl (C=O) groups excluding carboxylic acids is 1. The third kappa shape index (κ3) is 6.59. The molecular formula is C13H24O3. The van der Waals surface area contributed by atoms with Crippen LogP contribution in [-0.4, -0.2) is 16.9 Å². The molecule has 1 N–H and O–H groups in total. The van der Waals surface area contributed by atoms with Gasteiger partial charge >= 0.3 is 5.97 Å². The number of aliphatic carboxylic acids is 1. The molecule has 0 aliphatic heterocycles. The van der Waals surface area contributed by atoms with E-state index in [2.05, 4.69) is 6.92 Å². The third-order valence-electron chi connectivity index (χ3n) is 3.14. The molecule has 0 aliphatic carbocycles. The number of unbranched alkanes of at least 4 members (excludes halogenated alkanes) is 1. The standard InChI is InChI=1S/C13H24O3/c1-4-6-7-12(10(3)14)8-11(5-2)9-13(15)16/h11-12H,4-9H2,1-3H3,(H,15,16). The lowest BCUT2D eigenvalue weighted by atomic mass is 9.85. The van der Waals surface area contributed by atoms with Crippen LogP contribution in [-0.2, 0) is 9.59 Å². The third-order valence-corrected chi connectivity index (χ3v) is 3.14. The molecule has 0 aliphatic rings. The van der Waals surface area contributed by atoms with Crippen LogP contribution in [0.15, 0.2) is 0 Å². The van der Waals surface area contributed by atoms with Crippen molar-refractivity contribution in [1.29, 1.82) is 0 Å². The fraction of sp³-hybridized carbons (Fsp3) is 0.846. The van der Waals surface area contributed by atoms with E-state index in [4.69, 9.17) is 5.11 Å². The van der Waals surface area contributed by atoms with Crippen molar-refractivity contribution in [2.45, 2.75) is 59.3 Å². The van der Waals surface area contributed by atoms with Crippen molar-refractivity contribution in [3.63, 3.8) is 0 Å². The molecule has 0 spiro atoms. The van der Waals surface area contributed by atoms with Gasteiger partial charge in [-0.2, -0.15) is 0 Å². The second-order valence-electron chi connectivity index (χ2n) is 4.56. The average molecular weight is 228 g/mol. The molecule has 0 amide bonds. The number of carboxylic acid groups (broad SMARTS) is 1. The second kappa shape index (κ2) is 8.31. The lowest BCUT2D eigenvalue weighted by molar-refractivity contribution is -0.138. The molecule has 3 nitrogen and oxygen atoms in total. The van der Waals surface area contributed by atoms with Gasteiger partial charge in [-0.3, -0.25) is 9.59 Å². The van der Waals surface area contributed by atoms with Gasteiger partial charge in [-0.05, 0) is 25.7 Å². The van der Waals surface area contributed by atoms with Gasteiger partial charge in [0.15, 0.2) is 0 Å². The Kier molecular flexibility index (Phi) is 7.86. The molecule has 16 heavy (non-hydrogen) atoms. The fourth-order valence-electron chi connectivity index (χ4n) is 1.98. The summed E-state index contributed by atoms with van der Waals surface area (Å²) in [7, 11) is 0. The van der Waals surface area contributed by atoms with Gasteiger partial charge in [-0.15, -0.1) is 0 Å². The summed E-state index contributed by atoms with van der Waals surface area (Å²) in [6.45, 7) is 5.71. The first kappa shape index (κ1) is 15.1. The summed E-state index contributed by atoms with van der Waals surface area (Å²) in [6.07, 6.45) is 4.79. The largest absolute Gasteiger partial charge is 0.481 e. The van der Waals surface area contributed by atoms with Gasteiger partial charge in [0.05, 0.1) is 0 Å². The van der Waals surface area contributed by atoms with E-state index in [-0.39, 0.29) is 24.0 Å². The highest BCUT2D eigenvalue weighted by Crippen LogP contribution is 2.24. The highest BCUT2D eigenvalue weighted by atomic mass is 16.4. The molecule has 0 aromatic heterocycles. The Morgan fingerprint density at radius 1 is 1.25 bits per heavy atom. The van der Waals surface area contributed by atoms with Crippen LogP contribution in [0.5, 0.6) is 0 Å². The quantitative estimate of drug-likeness (QED) is 0.659. The zero-order chi connectivity index (χ0) is 12.6. The topological polar surface area (TPSA) is 54.4 Å². The van der Waals surface area contributed by atoms with E-state index in [0.717, 1.165) is 32.1 Å². The van der Waals surface area contributed by atoms with Crippen LogP contribution in [0.3, 0.4) is 0 Å². The maximum absolute atomic E-state index is 11.4. The Balaban J connectivity index is 4.22. The van der Waals surface area contributed by atoms with E-state index >= 15 is 0 Å². The number of hydrogen-bond acceptors (Lipinski definition) is 2. The number of ketones is 1. The van der Waals surface area contributed by atoms with Gasteiger partial charge < -0.3 is 5.11 Å². The monoisotopic (exact) mass is 228 g/mol. The molecule has 3 heteroatoms. The number of Topliss-reactive ketones (excluding diaryl/α,β-unsaturated/α-hetero) is 1. The van der Waals surface area contributed by atoms with E-state index in [1.807, 2.05) is 6.92 Å². The van der Waals surface area contributed by atoms with E-state index in [1.165, 1.54) is 0 Å². The highest BCUT2D eigenvalue weighted by Gasteiger charge is 2.20. The Morgan fingerprint density at radius 3 is 2.25 bits per heavy atom. The summed E-state index contributed by atoms with van der Waals surface area (Å²) in [6, 6.07) is 0. The van der Waals surface area contributed by atoms with Gasteiger partial charge in [0.2, 0.25) is 0 Å². The smallest absolute Gasteiger partial charge is 0.303 e. The Hall–Kier alpha value is -0.860. The minimum Gasteiger partial charge on any atom is -0.481 e. The van der Waals surface area contributed by atoms with Crippen LogP contribution >= 0.6 is 0 Å². The Bertz CT molecular complexity index is 223. The first-order valence-corrected chi connectivity index (χ1v) is 6.23. The normalized spacial score (nSPS) is 14.4. The van der Waals surface area contributed by atoms with Crippen LogP contribution in [0.25, 0.3) is 0 Å². The molecule has 0 heterocycles. The molecule has 0 rings (SSSR count). The molecular weight excluding hydrogens is 204 g/mol. The summed E-state index contributed by atoms with van der Waals surface area (Å²) >= 11 is 0. The van der Waals surface area contributed by atoms with Gasteiger partial charge in [-0.25, -0.2) is 0 Å². The fourth-order valence-corrected chi connectivity index (χ4v) is 1.98. The van der Waals surface area contributed by atoms with Gasteiger partial charge in [0.25, 0.3) is 0 Å². The Labute approximate surface area is 98.2 Å². The molecule has 0 bridgehead atoms. The number of hydrogen-bond donors (Lipinski definition) is 1. The Morgan fingerprint density at radius 2 is 1.88 bits per heavy atom. The first-order valence-electron chi connectivity index (χ1n) is 6.23. The van der Waals surface area contributed by atoms with E-state index in [9.17, 15) is 9.59 Å². The minimum absolute atomic E-state index is 0.0595.